The molecule has 0 aliphatic rings. The van der Waals surface area contributed by atoms with Crippen LogP contribution in [0, 0.1) is 12.3 Å². The molecule has 0 aromatic carbocycles. The maximum Gasteiger partial charge on any atom is 0.246 e. The Morgan fingerprint density at radius 1 is 1.38 bits per heavy atom. The smallest absolute Gasteiger partial charge is 0.246 e. The Balaban J connectivity index is 2.22. The molecule has 0 unspecified atom stereocenters. The summed E-state index contributed by atoms with van der Waals surface area (Å²) in [7, 11) is -3.43. The Morgan fingerprint density at radius 3 is 2.62 bits per heavy atom. The number of Topliss-reactive ketones (excluding diaryl/α,β-unsaturated/α-hetero) is 1. The number of rotatable bonds is 5. The summed E-state index contributed by atoms with van der Waals surface area (Å²) in [5, 5.41) is 1.95. The minimum absolute atomic E-state index is 0.121. The fourth-order valence-corrected chi connectivity index (χ4v) is 2.75. The first-order chi connectivity index (χ1) is 9.91. The zero-order chi connectivity index (χ0) is 15.5. The van der Waals surface area contributed by atoms with Crippen molar-refractivity contribution in [2.45, 2.75) is 18.0 Å². The van der Waals surface area contributed by atoms with Crippen molar-refractivity contribution < 1.29 is 13.2 Å². The standard InChI is InChI=1S/C13H11N3O3S2/c1-3-4-5-11(17)10-8-20-12(16-10)9-6-14-13(15-7-9)21(2,18)19/h1,6-8H,4-5H2,2H3. The number of carbonyl (C=O) groups is 1. The third-order valence-corrected chi connectivity index (χ3v) is 4.26. The number of sulfone groups is 1. The largest absolute Gasteiger partial charge is 0.292 e. The Bertz CT molecular complexity index is 802. The second-order valence-electron chi connectivity index (χ2n) is 4.19. The molecular weight excluding hydrogens is 310 g/mol. The van der Waals surface area contributed by atoms with Crippen LogP contribution in [0.3, 0.4) is 0 Å². The zero-order valence-electron chi connectivity index (χ0n) is 11.1. The molecule has 21 heavy (non-hydrogen) atoms. The van der Waals surface area contributed by atoms with Crippen LogP contribution in [-0.2, 0) is 9.84 Å². The van der Waals surface area contributed by atoms with E-state index in [2.05, 4.69) is 20.9 Å². The first kappa shape index (κ1) is 15.3. The molecule has 0 amide bonds. The summed E-state index contributed by atoms with van der Waals surface area (Å²) in [6.45, 7) is 0. The predicted octanol–water partition coefficient (Wildman–Crippen LogP) is 1.60. The van der Waals surface area contributed by atoms with Gasteiger partial charge in [-0.2, -0.15) is 0 Å². The number of carbonyl (C=O) groups excluding carboxylic acids is 1. The van der Waals surface area contributed by atoms with Crippen LogP contribution < -0.4 is 0 Å². The molecule has 0 fully saturated rings. The van der Waals surface area contributed by atoms with Gasteiger partial charge in [-0.05, 0) is 0 Å². The maximum atomic E-state index is 11.8. The van der Waals surface area contributed by atoms with Crippen LogP contribution >= 0.6 is 11.3 Å². The van der Waals surface area contributed by atoms with Crippen molar-refractivity contribution in [3.8, 4) is 22.9 Å². The SMILES string of the molecule is C#CCCC(=O)c1csc(-c2cnc(S(C)(=O)=O)nc2)n1. The summed E-state index contributed by atoms with van der Waals surface area (Å²) < 4.78 is 22.6. The van der Waals surface area contributed by atoms with E-state index in [1.807, 2.05) is 0 Å². The Labute approximate surface area is 126 Å². The van der Waals surface area contributed by atoms with Gasteiger partial charge in [0.25, 0.3) is 0 Å². The van der Waals surface area contributed by atoms with E-state index in [1.54, 1.807) is 5.38 Å². The number of nitrogens with zero attached hydrogens (tertiary/aromatic N) is 3. The van der Waals surface area contributed by atoms with E-state index >= 15 is 0 Å². The average Bonchev–Trinajstić information content (AvgIpc) is 2.94. The van der Waals surface area contributed by atoms with Gasteiger partial charge in [-0.3, -0.25) is 4.79 Å². The van der Waals surface area contributed by atoms with Crippen molar-refractivity contribution >= 4 is 27.0 Å². The fourth-order valence-electron chi connectivity index (χ4n) is 1.47. The molecule has 0 atom stereocenters. The number of hydrogen-bond acceptors (Lipinski definition) is 7. The highest BCUT2D eigenvalue weighted by molar-refractivity contribution is 7.90. The monoisotopic (exact) mass is 321 g/mol. The van der Waals surface area contributed by atoms with Gasteiger partial charge < -0.3 is 0 Å². The number of terminal acetylenes is 1. The average molecular weight is 321 g/mol. The number of ketones is 1. The van der Waals surface area contributed by atoms with Gasteiger partial charge >= 0.3 is 0 Å². The molecule has 0 saturated carbocycles. The van der Waals surface area contributed by atoms with Crippen molar-refractivity contribution in [3.63, 3.8) is 0 Å². The van der Waals surface area contributed by atoms with Gasteiger partial charge in [-0.15, -0.1) is 23.7 Å². The topological polar surface area (TPSA) is 89.9 Å². The molecule has 2 heterocycles. The van der Waals surface area contributed by atoms with Crippen LogP contribution in [0.5, 0.6) is 0 Å². The van der Waals surface area contributed by atoms with E-state index in [-0.39, 0.29) is 17.4 Å². The van der Waals surface area contributed by atoms with Gasteiger partial charge in [0.05, 0.1) is 0 Å². The minimum atomic E-state index is -3.43. The molecule has 108 valence electrons. The van der Waals surface area contributed by atoms with E-state index in [0.29, 0.717) is 22.7 Å². The van der Waals surface area contributed by atoms with Crippen LogP contribution in [-0.4, -0.2) is 35.4 Å². The van der Waals surface area contributed by atoms with Gasteiger partial charge in [-0.25, -0.2) is 23.4 Å². The zero-order valence-corrected chi connectivity index (χ0v) is 12.7. The van der Waals surface area contributed by atoms with Crippen LogP contribution in [0.15, 0.2) is 22.9 Å². The lowest BCUT2D eigenvalue weighted by Crippen LogP contribution is -2.03. The molecule has 6 nitrogen and oxygen atoms in total. The van der Waals surface area contributed by atoms with Crippen LogP contribution in [0.2, 0.25) is 0 Å². The summed E-state index contributed by atoms with van der Waals surface area (Å²) in [5.74, 6) is 2.28. The quantitative estimate of drug-likeness (QED) is 0.472. The molecule has 0 aliphatic heterocycles. The second kappa shape index (κ2) is 6.11. The van der Waals surface area contributed by atoms with Crippen LogP contribution in [0.25, 0.3) is 10.6 Å². The molecule has 2 aromatic heterocycles. The molecular formula is C13H11N3O3S2. The first-order valence-electron chi connectivity index (χ1n) is 5.86. The predicted molar refractivity (Wildman–Crippen MR) is 78.6 cm³/mol. The molecule has 0 bridgehead atoms. The Hall–Kier alpha value is -2.11. The Morgan fingerprint density at radius 2 is 2.05 bits per heavy atom. The third-order valence-electron chi connectivity index (χ3n) is 2.49. The molecule has 2 aromatic rings. The summed E-state index contributed by atoms with van der Waals surface area (Å²) in [5.41, 5.74) is 0.904. The van der Waals surface area contributed by atoms with Crippen LogP contribution in [0.1, 0.15) is 23.3 Å². The van der Waals surface area contributed by atoms with Gasteiger partial charge in [0.15, 0.2) is 5.78 Å². The molecule has 0 saturated heterocycles. The maximum absolute atomic E-state index is 11.8. The lowest BCUT2D eigenvalue weighted by atomic mass is 10.2. The number of thiazole rings is 1. The summed E-state index contributed by atoms with van der Waals surface area (Å²) >= 11 is 1.26. The van der Waals surface area contributed by atoms with E-state index in [4.69, 9.17) is 6.42 Å². The first-order valence-corrected chi connectivity index (χ1v) is 8.63. The van der Waals surface area contributed by atoms with E-state index < -0.39 is 9.84 Å². The summed E-state index contributed by atoms with van der Waals surface area (Å²) in [6, 6.07) is 0. The van der Waals surface area contributed by atoms with E-state index in [0.717, 1.165) is 6.26 Å². The van der Waals surface area contributed by atoms with Gasteiger partial charge in [0, 0.05) is 42.4 Å². The van der Waals surface area contributed by atoms with Crippen molar-refractivity contribution in [3.05, 3.63) is 23.5 Å². The molecule has 8 heteroatoms. The molecule has 0 spiro atoms. The lowest BCUT2D eigenvalue weighted by molar-refractivity contribution is 0.0980. The van der Waals surface area contributed by atoms with Crippen molar-refractivity contribution in [2.75, 3.05) is 6.26 Å². The Kier molecular flexibility index (Phi) is 4.45. The lowest BCUT2D eigenvalue weighted by Gasteiger charge is -1.98. The third kappa shape index (κ3) is 3.71. The van der Waals surface area contributed by atoms with E-state index in [1.165, 1.54) is 23.7 Å². The highest BCUT2D eigenvalue weighted by Gasteiger charge is 2.14. The number of aromatic nitrogens is 3. The molecule has 0 N–H and O–H groups in total. The van der Waals surface area contributed by atoms with Crippen molar-refractivity contribution in [2.24, 2.45) is 0 Å². The van der Waals surface area contributed by atoms with Crippen LogP contribution in [0.4, 0.5) is 0 Å². The van der Waals surface area contributed by atoms with Crippen molar-refractivity contribution in [1.82, 2.24) is 15.0 Å². The summed E-state index contributed by atoms with van der Waals surface area (Å²) in [6.07, 6.45) is 9.52. The molecule has 0 radical (unpaired) electrons. The van der Waals surface area contributed by atoms with E-state index in [9.17, 15) is 13.2 Å². The second-order valence-corrected chi connectivity index (χ2v) is 6.96. The van der Waals surface area contributed by atoms with Gasteiger partial charge in [0.1, 0.15) is 10.7 Å². The fraction of sp³-hybridized carbons (Fsp3) is 0.231. The highest BCUT2D eigenvalue weighted by atomic mass is 32.2. The van der Waals surface area contributed by atoms with Gasteiger partial charge in [-0.1, -0.05) is 0 Å². The highest BCUT2D eigenvalue weighted by Crippen LogP contribution is 2.23. The van der Waals surface area contributed by atoms with Crippen molar-refractivity contribution in [1.29, 1.82) is 0 Å². The molecule has 2 rings (SSSR count). The van der Waals surface area contributed by atoms with Gasteiger partial charge in [0.2, 0.25) is 15.0 Å². The normalized spacial score (nSPS) is 11.0. The molecule has 0 aliphatic carbocycles. The number of hydrogen-bond donors (Lipinski definition) is 0. The minimum Gasteiger partial charge on any atom is -0.292 e. The summed E-state index contributed by atoms with van der Waals surface area (Å²) in [4.78, 5) is 23.5.